The molecule has 0 bridgehead atoms. The van der Waals surface area contributed by atoms with Crippen LogP contribution in [0.5, 0.6) is 5.75 Å². The first-order valence-corrected chi connectivity index (χ1v) is 10.8. The lowest BCUT2D eigenvalue weighted by Crippen LogP contribution is -2.53. The summed E-state index contributed by atoms with van der Waals surface area (Å²) in [6, 6.07) is 9.42. The Morgan fingerprint density at radius 3 is 2.67 bits per heavy atom. The Morgan fingerprint density at radius 2 is 2.07 bits per heavy atom. The number of hydrogen-bond acceptors (Lipinski definition) is 5. The van der Waals surface area contributed by atoms with Crippen LogP contribution in [0.2, 0.25) is 0 Å². The number of aryl methyl sites for hydroxylation is 1. The first-order valence-electron chi connectivity index (χ1n) is 9.19. The number of nitrogens with one attached hydrogen (secondary N) is 1. The monoisotopic (exact) mass is 393 g/mol. The largest absolute Gasteiger partial charge is 0.493 e. The summed E-state index contributed by atoms with van der Waals surface area (Å²) in [5.41, 5.74) is 1.07. The first kappa shape index (κ1) is 21.2. The van der Waals surface area contributed by atoms with E-state index in [1.165, 1.54) is 6.92 Å². The molecule has 0 saturated carbocycles. The van der Waals surface area contributed by atoms with E-state index in [-0.39, 0.29) is 23.6 Å². The second-order valence-corrected chi connectivity index (χ2v) is 8.80. The standard InChI is InChI=1S/C19H27N3O4S/c1-3-27(24,25)21-19-10-12-22(15(2)23)13-17(19)14-26-18-8-6-16(7-9-18)5-4-11-20/h6-9,17,19,21H,3-5,10,12-14H2,1-2H3/t17-,19+/m0/s1. The fourth-order valence-corrected chi connectivity index (χ4v) is 4.05. The van der Waals surface area contributed by atoms with Gasteiger partial charge in [-0.25, -0.2) is 13.1 Å². The van der Waals surface area contributed by atoms with Gasteiger partial charge in [-0.1, -0.05) is 12.1 Å². The van der Waals surface area contributed by atoms with E-state index in [9.17, 15) is 13.2 Å². The van der Waals surface area contributed by atoms with Gasteiger partial charge in [-0.3, -0.25) is 4.79 Å². The van der Waals surface area contributed by atoms with Gasteiger partial charge in [0.05, 0.1) is 18.4 Å². The van der Waals surface area contributed by atoms with Crippen LogP contribution >= 0.6 is 0 Å². The van der Waals surface area contributed by atoms with Crippen molar-refractivity contribution in [1.29, 1.82) is 5.26 Å². The van der Waals surface area contributed by atoms with Gasteiger partial charge >= 0.3 is 0 Å². The minimum absolute atomic E-state index is 0.0151. The molecule has 0 spiro atoms. The molecule has 7 nitrogen and oxygen atoms in total. The molecule has 0 aliphatic carbocycles. The summed E-state index contributed by atoms with van der Waals surface area (Å²) in [6.45, 7) is 4.45. The summed E-state index contributed by atoms with van der Waals surface area (Å²) < 4.78 is 32.6. The maximum absolute atomic E-state index is 12.0. The lowest BCUT2D eigenvalue weighted by molar-refractivity contribution is -0.131. The molecule has 1 aliphatic heterocycles. The lowest BCUT2D eigenvalue weighted by Gasteiger charge is -2.38. The van der Waals surface area contributed by atoms with E-state index in [1.807, 2.05) is 24.3 Å². The van der Waals surface area contributed by atoms with Crippen molar-refractivity contribution in [3.05, 3.63) is 29.8 Å². The smallest absolute Gasteiger partial charge is 0.219 e. The van der Waals surface area contributed by atoms with Crippen LogP contribution in [0.15, 0.2) is 24.3 Å². The molecule has 0 aromatic heterocycles. The molecule has 1 heterocycles. The average molecular weight is 394 g/mol. The SMILES string of the molecule is CCS(=O)(=O)N[C@@H]1CCN(C(C)=O)C[C@H]1COc1ccc(CCC#N)cc1. The van der Waals surface area contributed by atoms with Crippen LogP contribution in [0.1, 0.15) is 32.3 Å². The Balaban J connectivity index is 2.01. The van der Waals surface area contributed by atoms with Gasteiger partial charge in [0.25, 0.3) is 0 Å². The molecular weight excluding hydrogens is 366 g/mol. The summed E-state index contributed by atoms with van der Waals surface area (Å²) in [4.78, 5) is 13.4. The molecule has 0 unspecified atom stereocenters. The highest BCUT2D eigenvalue weighted by atomic mass is 32.2. The molecule has 1 fully saturated rings. The zero-order valence-electron chi connectivity index (χ0n) is 15.8. The van der Waals surface area contributed by atoms with E-state index in [2.05, 4.69) is 10.8 Å². The number of nitriles is 1. The Bertz CT molecular complexity index is 771. The van der Waals surface area contributed by atoms with Crippen LogP contribution in [0.3, 0.4) is 0 Å². The van der Waals surface area contributed by atoms with Crippen LogP contribution in [-0.2, 0) is 21.2 Å². The molecule has 2 atom stereocenters. The van der Waals surface area contributed by atoms with Crippen molar-refractivity contribution in [1.82, 2.24) is 9.62 Å². The van der Waals surface area contributed by atoms with Gasteiger partial charge < -0.3 is 9.64 Å². The molecule has 148 valence electrons. The van der Waals surface area contributed by atoms with Crippen molar-refractivity contribution in [3.63, 3.8) is 0 Å². The van der Waals surface area contributed by atoms with E-state index in [4.69, 9.17) is 10.00 Å². The Labute approximate surface area is 161 Å². The van der Waals surface area contributed by atoms with Gasteiger partial charge in [-0.05, 0) is 37.5 Å². The highest BCUT2D eigenvalue weighted by Crippen LogP contribution is 2.21. The zero-order chi connectivity index (χ0) is 19.9. The highest BCUT2D eigenvalue weighted by Gasteiger charge is 2.33. The number of sulfonamides is 1. The number of rotatable bonds is 8. The fraction of sp³-hybridized carbons (Fsp3) is 0.579. The summed E-state index contributed by atoms with van der Waals surface area (Å²) >= 11 is 0. The fourth-order valence-electron chi connectivity index (χ4n) is 3.11. The van der Waals surface area contributed by atoms with E-state index >= 15 is 0 Å². The van der Waals surface area contributed by atoms with Gasteiger partial charge in [-0.2, -0.15) is 5.26 Å². The predicted molar refractivity (Wildman–Crippen MR) is 103 cm³/mol. The summed E-state index contributed by atoms with van der Waals surface area (Å²) in [7, 11) is -3.32. The van der Waals surface area contributed by atoms with Crippen LogP contribution in [0.25, 0.3) is 0 Å². The third-order valence-electron chi connectivity index (χ3n) is 4.80. The number of carbonyl (C=O) groups is 1. The number of piperidine rings is 1. The van der Waals surface area contributed by atoms with E-state index < -0.39 is 10.0 Å². The maximum atomic E-state index is 12.0. The van der Waals surface area contributed by atoms with Crippen molar-refractivity contribution >= 4 is 15.9 Å². The number of amides is 1. The second kappa shape index (κ2) is 9.72. The van der Waals surface area contributed by atoms with Crippen LogP contribution in [0.4, 0.5) is 0 Å². The minimum atomic E-state index is -3.32. The van der Waals surface area contributed by atoms with Crippen LogP contribution in [0, 0.1) is 17.2 Å². The Kier molecular flexibility index (Phi) is 7.63. The third kappa shape index (κ3) is 6.52. The minimum Gasteiger partial charge on any atom is -0.493 e. The predicted octanol–water partition coefficient (Wildman–Crippen LogP) is 1.70. The molecule has 0 radical (unpaired) electrons. The first-order chi connectivity index (χ1) is 12.8. The van der Waals surface area contributed by atoms with E-state index in [0.717, 1.165) is 5.56 Å². The third-order valence-corrected chi connectivity index (χ3v) is 6.23. The van der Waals surface area contributed by atoms with E-state index in [1.54, 1.807) is 11.8 Å². The van der Waals surface area contributed by atoms with Gasteiger partial charge in [0.15, 0.2) is 0 Å². The van der Waals surface area contributed by atoms with Crippen LogP contribution < -0.4 is 9.46 Å². The van der Waals surface area contributed by atoms with Gasteiger partial charge in [-0.15, -0.1) is 0 Å². The zero-order valence-corrected chi connectivity index (χ0v) is 16.7. The highest BCUT2D eigenvalue weighted by molar-refractivity contribution is 7.89. The van der Waals surface area contributed by atoms with Crippen molar-refractivity contribution in [2.24, 2.45) is 5.92 Å². The number of carbonyl (C=O) groups excluding carboxylic acids is 1. The Hall–Kier alpha value is -2.11. The van der Waals surface area contributed by atoms with Gasteiger partial charge in [0.1, 0.15) is 5.75 Å². The number of nitrogens with zero attached hydrogens (tertiary/aromatic N) is 2. The van der Waals surface area contributed by atoms with E-state index in [0.29, 0.717) is 44.7 Å². The summed E-state index contributed by atoms with van der Waals surface area (Å²) in [6.07, 6.45) is 1.75. The molecule has 1 saturated heterocycles. The number of benzene rings is 1. The molecule has 1 aromatic carbocycles. The molecule has 1 N–H and O–H groups in total. The molecule has 1 amide bonds. The topological polar surface area (TPSA) is 99.5 Å². The average Bonchev–Trinajstić information content (AvgIpc) is 2.66. The van der Waals surface area contributed by atoms with Crippen LogP contribution in [-0.4, -0.2) is 50.7 Å². The van der Waals surface area contributed by atoms with Crippen molar-refractivity contribution in [2.45, 2.75) is 39.2 Å². The summed E-state index contributed by atoms with van der Waals surface area (Å²) in [5.74, 6) is 0.575. The molecule has 27 heavy (non-hydrogen) atoms. The molecular formula is C19H27N3O4S. The molecule has 2 rings (SSSR count). The quantitative estimate of drug-likeness (QED) is 0.725. The molecule has 8 heteroatoms. The molecule has 1 aliphatic rings. The van der Waals surface area contributed by atoms with Gasteiger partial charge in [0, 0.05) is 38.4 Å². The number of hydrogen-bond donors (Lipinski definition) is 1. The van der Waals surface area contributed by atoms with Gasteiger partial charge in [0.2, 0.25) is 15.9 Å². The maximum Gasteiger partial charge on any atom is 0.219 e. The van der Waals surface area contributed by atoms with Crippen molar-refractivity contribution in [3.8, 4) is 11.8 Å². The second-order valence-electron chi connectivity index (χ2n) is 6.75. The number of ether oxygens (including phenoxy) is 1. The Morgan fingerprint density at radius 1 is 1.37 bits per heavy atom. The normalized spacial score (nSPS) is 20.1. The molecule has 1 aromatic rings. The summed E-state index contributed by atoms with van der Waals surface area (Å²) in [5, 5.41) is 8.64. The lowest BCUT2D eigenvalue weighted by atomic mass is 9.93. The van der Waals surface area contributed by atoms with Crippen molar-refractivity contribution < 1.29 is 17.9 Å². The number of likely N-dealkylation sites (tertiary alicyclic amines) is 1. The van der Waals surface area contributed by atoms with Crippen molar-refractivity contribution in [2.75, 3.05) is 25.4 Å².